The van der Waals surface area contributed by atoms with Gasteiger partial charge >= 0.3 is 0 Å². The Bertz CT molecular complexity index is 492. The van der Waals surface area contributed by atoms with Crippen LogP contribution in [-0.4, -0.2) is 21.9 Å². The highest BCUT2D eigenvalue weighted by atomic mass is 16.5. The Hall–Kier alpha value is -1.88. The van der Waals surface area contributed by atoms with Gasteiger partial charge < -0.3 is 14.6 Å². The van der Waals surface area contributed by atoms with E-state index in [-0.39, 0.29) is 6.04 Å². The minimum absolute atomic E-state index is 0.166. The second-order valence-corrected chi connectivity index (χ2v) is 4.25. The van der Waals surface area contributed by atoms with Crippen LogP contribution in [0, 0.1) is 0 Å². The molecule has 1 unspecified atom stereocenters. The molecule has 0 saturated carbocycles. The molecule has 5 nitrogen and oxygen atoms in total. The number of methoxy groups -OCH3 is 1. The largest absolute Gasteiger partial charge is 0.497 e. The van der Waals surface area contributed by atoms with Crippen molar-refractivity contribution >= 4 is 0 Å². The molecule has 1 atom stereocenters. The van der Waals surface area contributed by atoms with E-state index in [1.165, 1.54) is 5.56 Å². The maximum atomic E-state index is 5.13. The van der Waals surface area contributed by atoms with Gasteiger partial charge in [0.1, 0.15) is 17.9 Å². The highest BCUT2D eigenvalue weighted by Gasteiger charge is 2.10. The van der Waals surface area contributed by atoms with Gasteiger partial charge in [-0.3, -0.25) is 0 Å². The van der Waals surface area contributed by atoms with Crippen molar-refractivity contribution in [3.63, 3.8) is 0 Å². The molecular formula is C13H18N4O. The fourth-order valence-corrected chi connectivity index (χ4v) is 1.79. The van der Waals surface area contributed by atoms with Crippen LogP contribution in [0.5, 0.6) is 5.75 Å². The summed E-state index contributed by atoms with van der Waals surface area (Å²) < 4.78 is 7.05. The van der Waals surface area contributed by atoms with Gasteiger partial charge in [-0.15, -0.1) is 10.2 Å². The molecule has 0 aliphatic carbocycles. The molecule has 18 heavy (non-hydrogen) atoms. The molecule has 0 aliphatic heterocycles. The normalized spacial score (nSPS) is 12.4. The molecule has 1 heterocycles. The lowest BCUT2D eigenvalue weighted by Gasteiger charge is -2.13. The van der Waals surface area contributed by atoms with E-state index in [0.29, 0.717) is 0 Å². The van der Waals surface area contributed by atoms with Gasteiger partial charge in [0.05, 0.1) is 13.2 Å². The molecule has 0 saturated heterocycles. The molecule has 0 radical (unpaired) electrons. The lowest BCUT2D eigenvalue weighted by Crippen LogP contribution is -2.21. The zero-order valence-electron chi connectivity index (χ0n) is 10.9. The van der Waals surface area contributed by atoms with E-state index in [9.17, 15) is 0 Å². The highest BCUT2D eigenvalue weighted by molar-refractivity contribution is 5.27. The minimum atomic E-state index is 0.166. The van der Waals surface area contributed by atoms with Gasteiger partial charge in [0.2, 0.25) is 0 Å². The van der Waals surface area contributed by atoms with Crippen molar-refractivity contribution in [2.75, 3.05) is 7.11 Å². The first kappa shape index (κ1) is 12.6. The van der Waals surface area contributed by atoms with Crippen molar-refractivity contribution in [2.45, 2.75) is 19.5 Å². The van der Waals surface area contributed by atoms with Crippen molar-refractivity contribution in [1.82, 2.24) is 20.1 Å². The zero-order valence-corrected chi connectivity index (χ0v) is 10.9. The summed E-state index contributed by atoms with van der Waals surface area (Å²) in [5, 5.41) is 11.4. The fourth-order valence-electron chi connectivity index (χ4n) is 1.79. The number of ether oxygens (including phenoxy) is 1. The standard InChI is InChI=1S/C13H18N4O/c1-10(13-16-15-9-17(13)2)14-8-11-4-6-12(18-3)7-5-11/h4-7,9-10,14H,8H2,1-3H3. The third-order valence-corrected chi connectivity index (χ3v) is 2.91. The number of nitrogens with one attached hydrogen (secondary N) is 1. The predicted molar refractivity (Wildman–Crippen MR) is 69.3 cm³/mol. The van der Waals surface area contributed by atoms with Gasteiger partial charge in [-0.1, -0.05) is 12.1 Å². The number of aromatic nitrogens is 3. The van der Waals surface area contributed by atoms with E-state index >= 15 is 0 Å². The second-order valence-electron chi connectivity index (χ2n) is 4.25. The predicted octanol–water partition coefficient (Wildman–Crippen LogP) is 1.67. The third-order valence-electron chi connectivity index (χ3n) is 2.91. The highest BCUT2D eigenvalue weighted by Crippen LogP contribution is 2.13. The summed E-state index contributed by atoms with van der Waals surface area (Å²) in [5.41, 5.74) is 1.21. The van der Waals surface area contributed by atoms with E-state index in [2.05, 4.69) is 34.6 Å². The molecular weight excluding hydrogens is 228 g/mol. The third kappa shape index (κ3) is 2.87. The van der Waals surface area contributed by atoms with Gasteiger partial charge in [0.25, 0.3) is 0 Å². The summed E-state index contributed by atoms with van der Waals surface area (Å²) >= 11 is 0. The molecule has 5 heteroatoms. The van der Waals surface area contributed by atoms with Gasteiger partial charge in [-0.25, -0.2) is 0 Å². The molecule has 1 aromatic heterocycles. The number of hydrogen-bond acceptors (Lipinski definition) is 4. The Morgan fingerprint density at radius 3 is 2.61 bits per heavy atom. The topological polar surface area (TPSA) is 52.0 Å². The molecule has 0 bridgehead atoms. The molecule has 1 N–H and O–H groups in total. The Kier molecular flexibility index (Phi) is 3.94. The molecule has 0 amide bonds. The van der Waals surface area contributed by atoms with E-state index in [0.717, 1.165) is 18.1 Å². The lowest BCUT2D eigenvalue weighted by atomic mass is 10.2. The molecule has 2 aromatic rings. The first-order valence-corrected chi connectivity index (χ1v) is 5.91. The zero-order chi connectivity index (χ0) is 13.0. The van der Waals surface area contributed by atoms with Crippen molar-refractivity contribution in [3.05, 3.63) is 42.0 Å². The minimum Gasteiger partial charge on any atom is -0.497 e. The van der Waals surface area contributed by atoms with Gasteiger partial charge in [-0.2, -0.15) is 0 Å². The Morgan fingerprint density at radius 1 is 1.33 bits per heavy atom. The van der Waals surface area contributed by atoms with Crippen LogP contribution in [0.15, 0.2) is 30.6 Å². The van der Waals surface area contributed by atoms with Crippen molar-refractivity contribution in [1.29, 1.82) is 0 Å². The maximum absolute atomic E-state index is 5.13. The average Bonchev–Trinajstić information content (AvgIpc) is 2.83. The van der Waals surface area contributed by atoms with Crippen molar-refractivity contribution in [2.24, 2.45) is 7.05 Å². The fraction of sp³-hybridized carbons (Fsp3) is 0.385. The summed E-state index contributed by atoms with van der Waals surface area (Å²) in [7, 11) is 3.62. The molecule has 1 aromatic carbocycles. The number of nitrogens with zero attached hydrogens (tertiary/aromatic N) is 3. The molecule has 96 valence electrons. The summed E-state index contributed by atoms with van der Waals surface area (Å²) in [6, 6.07) is 8.19. The van der Waals surface area contributed by atoms with E-state index < -0.39 is 0 Å². The van der Waals surface area contributed by atoms with Crippen LogP contribution in [0.4, 0.5) is 0 Å². The average molecular weight is 246 g/mol. The van der Waals surface area contributed by atoms with Crippen LogP contribution in [-0.2, 0) is 13.6 Å². The Labute approximate surface area is 107 Å². The monoisotopic (exact) mass is 246 g/mol. The van der Waals surface area contributed by atoms with E-state index in [1.807, 2.05) is 23.7 Å². The lowest BCUT2D eigenvalue weighted by molar-refractivity contribution is 0.414. The number of hydrogen-bond donors (Lipinski definition) is 1. The number of benzene rings is 1. The van der Waals surface area contributed by atoms with Crippen molar-refractivity contribution in [3.8, 4) is 5.75 Å². The summed E-state index contributed by atoms with van der Waals surface area (Å²) in [6.07, 6.45) is 1.71. The van der Waals surface area contributed by atoms with Crippen LogP contribution < -0.4 is 10.1 Å². The molecule has 0 fully saturated rings. The smallest absolute Gasteiger partial charge is 0.149 e. The summed E-state index contributed by atoms with van der Waals surface area (Å²) in [5.74, 6) is 1.81. The van der Waals surface area contributed by atoms with E-state index in [1.54, 1.807) is 13.4 Å². The molecule has 0 aliphatic rings. The second kappa shape index (κ2) is 5.64. The van der Waals surface area contributed by atoms with Gasteiger partial charge in [0, 0.05) is 13.6 Å². The van der Waals surface area contributed by atoms with Crippen molar-refractivity contribution < 1.29 is 4.74 Å². The van der Waals surface area contributed by atoms with Crippen LogP contribution in [0.2, 0.25) is 0 Å². The summed E-state index contributed by atoms with van der Waals surface area (Å²) in [6.45, 7) is 2.87. The number of rotatable bonds is 5. The first-order valence-electron chi connectivity index (χ1n) is 5.91. The Morgan fingerprint density at radius 2 is 2.06 bits per heavy atom. The summed E-state index contributed by atoms with van der Waals surface area (Å²) in [4.78, 5) is 0. The maximum Gasteiger partial charge on any atom is 0.149 e. The number of aryl methyl sites for hydroxylation is 1. The van der Waals surface area contributed by atoms with Crippen LogP contribution in [0.25, 0.3) is 0 Å². The molecule has 2 rings (SSSR count). The van der Waals surface area contributed by atoms with Gasteiger partial charge in [0.15, 0.2) is 0 Å². The quantitative estimate of drug-likeness (QED) is 0.872. The Balaban J connectivity index is 1.93. The molecule has 0 spiro atoms. The SMILES string of the molecule is COc1ccc(CNC(C)c2nncn2C)cc1. The van der Waals surface area contributed by atoms with Crippen LogP contribution in [0.1, 0.15) is 24.4 Å². The van der Waals surface area contributed by atoms with Crippen LogP contribution in [0.3, 0.4) is 0 Å². The van der Waals surface area contributed by atoms with Gasteiger partial charge in [-0.05, 0) is 24.6 Å². The van der Waals surface area contributed by atoms with Crippen LogP contribution >= 0.6 is 0 Å². The first-order chi connectivity index (χ1) is 8.70. The van der Waals surface area contributed by atoms with E-state index in [4.69, 9.17) is 4.74 Å².